The third-order valence-corrected chi connectivity index (χ3v) is 5.41. The third-order valence-electron chi connectivity index (χ3n) is 5.41. The second-order valence-electron chi connectivity index (χ2n) is 7.16. The normalized spacial score (nSPS) is 22.8. The SMILES string of the molecule is COc1ccc(C2OC(=O)NCC2c2ccccc2)cc1OC1CCCC1. The molecule has 1 N–H and O–H groups in total. The van der Waals surface area contributed by atoms with Gasteiger partial charge in [-0.2, -0.15) is 0 Å². The van der Waals surface area contributed by atoms with Gasteiger partial charge in [0, 0.05) is 12.5 Å². The number of ether oxygens (including phenoxy) is 3. The largest absolute Gasteiger partial charge is 0.493 e. The van der Waals surface area contributed by atoms with Gasteiger partial charge in [0.1, 0.15) is 6.10 Å². The van der Waals surface area contributed by atoms with Crippen LogP contribution in [0.2, 0.25) is 0 Å². The van der Waals surface area contributed by atoms with Crippen molar-refractivity contribution in [2.24, 2.45) is 0 Å². The van der Waals surface area contributed by atoms with E-state index in [0.717, 1.165) is 29.7 Å². The molecule has 142 valence electrons. The van der Waals surface area contributed by atoms with E-state index in [1.807, 2.05) is 36.4 Å². The summed E-state index contributed by atoms with van der Waals surface area (Å²) in [6.45, 7) is 0.540. The van der Waals surface area contributed by atoms with Crippen LogP contribution in [0.25, 0.3) is 0 Å². The lowest BCUT2D eigenvalue weighted by molar-refractivity contribution is 0.0591. The molecule has 5 nitrogen and oxygen atoms in total. The first kappa shape index (κ1) is 17.7. The van der Waals surface area contributed by atoms with E-state index in [4.69, 9.17) is 14.2 Å². The fraction of sp³-hybridized carbons (Fsp3) is 0.409. The van der Waals surface area contributed by atoms with Crippen molar-refractivity contribution in [3.05, 3.63) is 59.7 Å². The van der Waals surface area contributed by atoms with Crippen molar-refractivity contribution in [3.63, 3.8) is 0 Å². The fourth-order valence-electron chi connectivity index (χ4n) is 3.98. The molecule has 0 bridgehead atoms. The van der Waals surface area contributed by atoms with Crippen LogP contribution in [0.4, 0.5) is 4.79 Å². The van der Waals surface area contributed by atoms with Gasteiger partial charge in [0.15, 0.2) is 11.5 Å². The summed E-state index contributed by atoms with van der Waals surface area (Å²) >= 11 is 0. The lowest BCUT2D eigenvalue weighted by Gasteiger charge is -2.32. The van der Waals surface area contributed by atoms with E-state index in [-0.39, 0.29) is 24.2 Å². The first-order chi connectivity index (χ1) is 13.2. The molecule has 2 aliphatic rings. The Morgan fingerprint density at radius 3 is 2.52 bits per heavy atom. The van der Waals surface area contributed by atoms with Gasteiger partial charge in [-0.1, -0.05) is 36.4 Å². The van der Waals surface area contributed by atoms with Gasteiger partial charge in [0.2, 0.25) is 0 Å². The molecule has 2 aromatic rings. The summed E-state index contributed by atoms with van der Waals surface area (Å²) in [6, 6.07) is 16.0. The Labute approximate surface area is 159 Å². The molecule has 2 unspecified atom stereocenters. The van der Waals surface area contributed by atoms with Crippen molar-refractivity contribution in [1.29, 1.82) is 0 Å². The number of amides is 1. The van der Waals surface area contributed by atoms with Crippen molar-refractivity contribution in [2.45, 2.75) is 43.8 Å². The van der Waals surface area contributed by atoms with Crippen LogP contribution >= 0.6 is 0 Å². The monoisotopic (exact) mass is 367 g/mol. The van der Waals surface area contributed by atoms with Gasteiger partial charge in [-0.25, -0.2) is 4.79 Å². The molecule has 1 aliphatic carbocycles. The second-order valence-corrected chi connectivity index (χ2v) is 7.16. The number of carbonyl (C=O) groups excluding carboxylic acids is 1. The quantitative estimate of drug-likeness (QED) is 0.840. The van der Waals surface area contributed by atoms with E-state index in [2.05, 4.69) is 17.4 Å². The fourth-order valence-corrected chi connectivity index (χ4v) is 3.98. The van der Waals surface area contributed by atoms with E-state index in [1.54, 1.807) is 7.11 Å². The molecule has 2 atom stereocenters. The van der Waals surface area contributed by atoms with Crippen LogP contribution in [0.5, 0.6) is 11.5 Å². The van der Waals surface area contributed by atoms with Crippen molar-refractivity contribution >= 4 is 6.09 Å². The van der Waals surface area contributed by atoms with Crippen LogP contribution in [0, 0.1) is 0 Å². The third kappa shape index (κ3) is 3.87. The number of rotatable bonds is 5. The Hall–Kier alpha value is -2.69. The maximum absolute atomic E-state index is 11.9. The number of hydrogen-bond donors (Lipinski definition) is 1. The van der Waals surface area contributed by atoms with Crippen molar-refractivity contribution < 1.29 is 19.0 Å². The molecule has 5 heteroatoms. The summed E-state index contributed by atoms with van der Waals surface area (Å²) in [5, 5.41) is 2.81. The molecular weight excluding hydrogens is 342 g/mol. The summed E-state index contributed by atoms with van der Waals surface area (Å²) in [5.74, 6) is 1.47. The zero-order valence-electron chi connectivity index (χ0n) is 15.5. The minimum absolute atomic E-state index is 0.0385. The molecule has 2 aromatic carbocycles. The highest BCUT2D eigenvalue weighted by Gasteiger charge is 2.33. The van der Waals surface area contributed by atoms with Gasteiger partial charge in [0.25, 0.3) is 0 Å². The van der Waals surface area contributed by atoms with Crippen molar-refractivity contribution in [1.82, 2.24) is 5.32 Å². The smallest absolute Gasteiger partial charge is 0.407 e. The number of cyclic esters (lactones) is 1. The van der Waals surface area contributed by atoms with E-state index in [9.17, 15) is 4.79 Å². The number of hydrogen-bond acceptors (Lipinski definition) is 4. The van der Waals surface area contributed by atoms with Crippen LogP contribution < -0.4 is 14.8 Å². The number of nitrogens with one attached hydrogen (secondary N) is 1. The molecule has 2 fully saturated rings. The van der Waals surface area contributed by atoms with Crippen molar-refractivity contribution in [2.75, 3.05) is 13.7 Å². The lowest BCUT2D eigenvalue weighted by Crippen LogP contribution is -2.39. The molecule has 1 saturated carbocycles. The molecule has 27 heavy (non-hydrogen) atoms. The van der Waals surface area contributed by atoms with Crippen LogP contribution in [-0.2, 0) is 4.74 Å². The van der Waals surface area contributed by atoms with Crippen molar-refractivity contribution in [3.8, 4) is 11.5 Å². The predicted molar refractivity (Wildman–Crippen MR) is 102 cm³/mol. The van der Waals surface area contributed by atoms with Crippen LogP contribution in [0.3, 0.4) is 0 Å². The number of methoxy groups -OCH3 is 1. The Bertz CT molecular complexity index is 786. The minimum Gasteiger partial charge on any atom is -0.493 e. The molecule has 0 radical (unpaired) electrons. The summed E-state index contributed by atoms with van der Waals surface area (Å²) < 4.78 is 17.4. The average Bonchev–Trinajstić information content (AvgIpc) is 3.21. The first-order valence-corrected chi connectivity index (χ1v) is 9.58. The van der Waals surface area contributed by atoms with E-state index < -0.39 is 0 Å². The Morgan fingerprint density at radius 1 is 1.00 bits per heavy atom. The Balaban J connectivity index is 1.65. The van der Waals surface area contributed by atoms with Crippen LogP contribution in [0.15, 0.2) is 48.5 Å². The zero-order chi connectivity index (χ0) is 18.6. The van der Waals surface area contributed by atoms with Gasteiger partial charge in [0.05, 0.1) is 13.2 Å². The highest BCUT2D eigenvalue weighted by Crippen LogP contribution is 2.40. The van der Waals surface area contributed by atoms with Gasteiger partial charge in [-0.05, 0) is 48.9 Å². The summed E-state index contributed by atoms with van der Waals surface area (Å²) in [4.78, 5) is 11.9. The molecular formula is C22H25NO4. The first-order valence-electron chi connectivity index (χ1n) is 9.58. The summed E-state index contributed by atoms with van der Waals surface area (Å²) in [5.41, 5.74) is 2.06. The standard InChI is InChI=1S/C22H25NO4/c1-25-19-12-11-16(13-20(19)26-17-9-5-6-10-17)21-18(14-23-22(24)27-21)15-7-3-2-4-8-15/h2-4,7-8,11-13,17-18,21H,5-6,9-10,14H2,1H3,(H,23,24). The van der Waals surface area contributed by atoms with Crippen LogP contribution in [0.1, 0.15) is 48.8 Å². The molecule has 1 saturated heterocycles. The Morgan fingerprint density at radius 2 is 1.78 bits per heavy atom. The van der Waals surface area contributed by atoms with Gasteiger partial charge in [-0.15, -0.1) is 0 Å². The van der Waals surface area contributed by atoms with Gasteiger partial charge in [-0.3, -0.25) is 0 Å². The zero-order valence-corrected chi connectivity index (χ0v) is 15.5. The molecule has 1 heterocycles. The maximum Gasteiger partial charge on any atom is 0.407 e. The van der Waals surface area contributed by atoms with E-state index in [0.29, 0.717) is 12.3 Å². The van der Waals surface area contributed by atoms with E-state index >= 15 is 0 Å². The topological polar surface area (TPSA) is 56.8 Å². The molecule has 0 aromatic heterocycles. The maximum atomic E-state index is 11.9. The van der Waals surface area contributed by atoms with Gasteiger partial charge >= 0.3 is 6.09 Å². The van der Waals surface area contributed by atoms with Crippen LogP contribution in [-0.4, -0.2) is 25.9 Å². The van der Waals surface area contributed by atoms with Gasteiger partial charge < -0.3 is 19.5 Å². The molecule has 4 rings (SSSR count). The lowest BCUT2D eigenvalue weighted by atomic mass is 9.88. The predicted octanol–water partition coefficient (Wildman–Crippen LogP) is 4.58. The average molecular weight is 367 g/mol. The highest BCUT2D eigenvalue weighted by molar-refractivity contribution is 5.69. The minimum atomic E-state index is -0.388. The number of alkyl carbamates (subject to hydrolysis) is 1. The van der Waals surface area contributed by atoms with E-state index in [1.165, 1.54) is 12.8 Å². The number of benzene rings is 2. The summed E-state index contributed by atoms with van der Waals surface area (Å²) in [7, 11) is 1.65. The second kappa shape index (κ2) is 7.91. The molecule has 0 spiro atoms. The number of carbonyl (C=O) groups is 1. The molecule has 1 aliphatic heterocycles. The Kier molecular flexibility index (Phi) is 5.19. The highest BCUT2D eigenvalue weighted by atomic mass is 16.6. The molecule has 1 amide bonds. The summed E-state index contributed by atoms with van der Waals surface area (Å²) in [6.07, 6.45) is 4.03.